The number of benzene rings is 1. The molecule has 5 heteroatoms. The summed E-state index contributed by atoms with van der Waals surface area (Å²) in [6.07, 6.45) is 3.73. The molecule has 3 N–H and O–H groups in total. The minimum atomic E-state index is 0.154. The number of nitrogens with two attached hydrogens (primary N) is 1. The maximum Gasteiger partial charge on any atom is 0.229 e. The number of nitrogen functional groups attached to an aromatic ring is 1. The van der Waals surface area contributed by atoms with Crippen LogP contribution >= 0.6 is 11.3 Å². The number of hydrogen-bond donors (Lipinski definition) is 2. The first kappa shape index (κ1) is 11.2. The van der Waals surface area contributed by atoms with Crippen molar-refractivity contribution in [3.05, 3.63) is 18.2 Å². The van der Waals surface area contributed by atoms with Crippen molar-refractivity contribution in [1.82, 2.24) is 4.98 Å². The van der Waals surface area contributed by atoms with Crippen molar-refractivity contribution < 1.29 is 4.79 Å². The maximum atomic E-state index is 12.2. The Labute approximate surface area is 115 Å². The molecular formula is C14H15N3OS. The highest BCUT2D eigenvalue weighted by Gasteiger charge is 2.56. The van der Waals surface area contributed by atoms with Crippen molar-refractivity contribution in [2.24, 2.45) is 17.8 Å². The Bertz CT molecular complexity index is 656. The first-order valence-corrected chi connectivity index (χ1v) is 7.51. The van der Waals surface area contributed by atoms with Gasteiger partial charge in [-0.15, -0.1) is 0 Å². The fourth-order valence-electron chi connectivity index (χ4n) is 3.39. The van der Waals surface area contributed by atoms with Crippen LogP contribution in [0.15, 0.2) is 18.2 Å². The van der Waals surface area contributed by atoms with Crippen molar-refractivity contribution in [2.45, 2.75) is 19.3 Å². The van der Waals surface area contributed by atoms with E-state index >= 15 is 0 Å². The van der Waals surface area contributed by atoms with E-state index in [1.54, 1.807) is 0 Å². The lowest BCUT2D eigenvalue weighted by Crippen LogP contribution is -2.16. The molecule has 0 saturated heterocycles. The molecule has 2 saturated carbocycles. The number of thiazole rings is 1. The lowest BCUT2D eigenvalue weighted by Gasteiger charge is -2.02. The molecule has 2 aliphatic carbocycles. The van der Waals surface area contributed by atoms with Gasteiger partial charge in [0.1, 0.15) is 0 Å². The van der Waals surface area contributed by atoms with Gasteiger partial charge in [0.05, 0.1) is 10.2 Å². The molecule has 0 spiro atoms. The number of rotatable bonds is 2. The molecule has 1 amide bonds. The van der Waals surface area contributed by atoms with Crippen molar-refractivity contribution in [3.8, 4) is 0 Å². The van der Waals surface area contributed by atoms with E-state index in [9.17, 15) is 4.79 Å². The van der Waals surface area contributed by atoms with Crippen molar-refractivity contribution in [2.75, 3.05) is 11.1 Å². The predicted molar refractivity (Wildman–Crippen MR) is 77.0 cm³/mol. The van der Waals surface area contributed by atoms with Crippen LogP contribution in [0.5, 0.6) is 0 Å². The van der Waals surface area contributed by atoms with Crippen LogP contribution in [-0.2, 0) is 4.79 Å². The third-order valence-corrected chi connectivity index (χ3v) is 5.29. The number of amides is 1. The third-order valence-electron chi connectivity index (χ3n) is 4.35. The fraction of sp³-hybridized carbons (Fsp3) is 0.429. The van der Waals surface area contributed by atoms with E-state index in [2.05, 4.69) is 10.3 Å². The first-order valence-electron chi connectivity index (χ1n) is 6.69. The topological polar surface area (TPSA) is 68.0 Å². The van der Waals surface area contributed by atoms with E-state index < -0.39 is 0 Å². The van der Waals surface area contributed by atoms with Gasteiger partial charge in [-0.2, -0.15) is 0 Å². The molecule has 1 heterocycles. The lowest BCUT2D eigenvalue weighted by atomic mass is 10.1. The monoisotopic (exact) mass is 273 g/mol. The van der Waals surface area contributed by atoms with E-state index in [0.717, 1.165) is 15.9 Å². The molecule has 19 heavy (non-hydrogen) atoms. The van der Waals surface area contributed by atoms with Gasteiger partial charge < -0.3 is 11.1 Å². The molecule has 0 aliphatic heterocycles. The van der Waals surface area contributed by atoms with Crippen LogP contribution in [0, 0.1) is 17.8 Å². The Kier molecular flexibility index (Phi) is 2.33. The minimum absolute atomic E-state index is 0.154. The number of carbonyl (C=O) groups is 1. The van der Waals surface area contributed by atoms with Crippen LogP contribution in [-0.4, -0.2) is 10.9 Å². The average Bonchev–Trinajstić information content (AvgIpc) is 2.75. The van der Waals surface area contributed by atoms with E-state index in [1.807, 2.05) is 18.2 Å². The van der Waals surface area contributed by atoms with Gasteiger partial charge in [-0.3, -0.25) is 4.79 Å². The number of fused-ring (bicyclic) bond motifs is 2. The Morgan fingerprint density at radius 3 is 2.95 bits per heavy atom. The average molecular weight is 273 g/mol. The highest BCUT2D eigenvalue weighted by Crippen LogP contribution is 2.57. The largest absolute Gasteiger partial charge is 0.399 e. The maximum absolute atomic E-state index is 12.2. The van der Waals surface area contributed by atoms with E-state index in [-0.39, 0.29) is 11.8 Å². The van der Waals surface area contributed by atoms with Crippen LogP contribution < -0.4 is 11.1 Å². The van der Waals surface area contributed by atoms with Crippen LogP contribution in [0.25, 0.3) is 10.2 Å². The second-order valence-electron chi connectivity index (χ2n) is 5.52. The van der Waals surface area contributed by atoms with Crippen LogP contribution in [0.1, 0.15) is 19.3 Å². The minimum Gasteiger partial charge on any atom is -0.399 e. The molecule has 4 nitrogen and oxygen atoms in total. The summed E-state index contributed by atoms with van der Waals surface area (Å²) in [6, 6.07) is 5.62. The second kappa shape index (κ2) is 3.93. The SMILES string of the molecule is Nc1ccc2nc(NC(=O)C3C4CCCC43)sc2c1. The summed E-state index contributed by atoms with van der Waals surface area (Å²) in [4.78, 5) is 16.6. The molecule has 1 aromatic heterocycles. The van der Waals surface area contributed by atoms with Gasteiger partial charge in [0, 0.05) is 11.6 Å². The molecule has 2 atom stereocenters. The van der Waals surface area contributed by atoms with E-state index in [0.29, 0.717) is 17.0 Å². The summed E-state index contributed by atoms with van der Waals surface area (Å²) in [7, 11) is 0. The van der Waals surface area contributed by atoms with Gasteiger partial charge in [0.2, 0.25) is 5.91 Å². The molecule has 4 rings (SSSR count). The zero-order valence-corrected chi connectivity index (χ0v) is 11.2. The molecule has 0 bridgehead atoms. The highest BCUT2D eigenvalue weighted by atomic mass is 32.1. The predicted octanol–water partition coefficient (Wildman–Crippen LogP) is 2.86. The van der Waals surface area contributed by atoms with Crippen molar-refractivity contribution >= 4 is 38.3 Å². The molecule has 2 unspecified atom stereocenters. The summed E-state index contributed by atoms with van der Waals surface area (Å²) in [5.74, 6) is 1.68. The number of hydrogen-bond acceptors (Lipinski definition) is 4. The van der Waals surface area contributed by atoms with Crippen LogP contribution in [0.3, 0.4) is 0 Å². The van der Waals surface area contributed by atoms with Gasteiger partial charge >= 0.3 is 0 Å². The Morgan fingerprint density at radius 2 is 2.16 bits per heavy atom. The zero-order valence-electron chi connectivity index (χ0n) is 10.4. The van der Waals surface area contributed by atoms with Gasteiger partial charge in [-0.1, -0.05) is 17.8 Å². The summed E-state index contributed by atoms with van der Waals surface area (Å²) >= 11 is 1.49. The molecular weight excluding hydrogens is 258 g/mol. The van der Waals surface area contributed by atoms with E-state index in [4.69, 9.17) is 5.73 Å². The number of nitrogens with zero attached hydrogens (tertiary/aromatic N) is 1. The summed E-state index contributed by atoms with van der Waals surface area (Å²) in [5.41, 5.74) is 7.37. The van der Waals surface area contributed by atoms with Crippen molar-refractivity contribution in [1.29, 1.82) is 0 Å². The van der Waals surface area contributed by atoms with Crippen LogP contribution in [0.4, 0.5) is 10.8 Å². The number of carbonyl (C=O) groups excluding carboxylic acids is 1. The zero-order chi connectivity index (χ0) is 13.0. The van der Waals surface area contributed by atoms with Crippen LogP contribution in [0.2, 0.25) is 0 Å². The van der Waals surface area contributed by atoms with Gasteiger partial charge in [0.25, 0.3) is 0 Å². The number of anilines is 2. The van der Waals surface area contributed by atoms with Gasteiger partial charge in [-0.05, 0) is 42.9 Å². The lowest BCUT2D eigenvalue weighted by molar-refractivity contribution is -0.118. The Hall–Kier alpha value is -1.62. The van der Waals surface area contributed by atoms with Gasteiger partial charge in [0.15, 0.2) is 5.13 Å². The summed E-state index contributed by atoms with van der Waals surface area (Å²) in [5, 5.41) is 3.66. The molecule has 0 radical (unpaired) electrons. The smallest absolute Gasteiger partial charge is 0.229 e. The number of nitrogens with one attached hydrogen (secondary N) is 1. The highest BCUT2D eigenvalue weighted by molar-refractivity contribution is 7.22. The first-order chi connectivity index (χ1) is 9.22. The standard InChI is InChI=1S/C14H15N3OS/c15-7-4-5-10-11(6-7)19-14(16-10)17-13(18)12-8-2-1-3-9(8)12/h4-6,8-9,12H,1-3,15H2,(H,16,17,18). The third kappa shape index (κ3) is 1.80. The van der Waals surface area contributed by atoms with Crippen molar-refractivity contribution in [3.63, 3.8) is 0 Å². The van der Waals surface area contributed by atoms with E-state index in [1.165, 1.54) is 30.6 Å². The molecule has 2 aromatic rings. The second-order valence-corrected chi connectivity index (χ2v) is 6.55. The molecule has 2 fully saturated rings. The fourth-order valence-corrected chi connectivity index (χ4v) is 4.31. The normalized spacial score (nSPS) is 28.3. The summed E-state index contributed by atoms with van der Waals surface area (Å²) in [6.45, 7) is 0. The molecule has 1 aromatic carbocycles. The summed E-state index contributed by atoms with van der Waals surface area (Å²) < 4.78 is 1.02. The Balaban J connectivity index is 1.53. The molecule has 2 aliphatic rings. The Morgan fingerprint density at radius 1 is 1.37 bits per heavy atom. The molecule has 98 valence electrons. The van der Waals surface area contributed by atoms with Gasteiger partial charge in [-0.25, -0.2) is 4.98 Å². The quantitative estimate of drug-likeness (QED) is 0.827. The number of aromatic nitrogens is 1.